The first-order valence-corrected chi connectivity index (χ1v) is 10.9. The molecular weight excluding hydrogens is 408 g/mol. The number of hydrogen-bond donors (Lipinski definition) is 0. The zero-order valence-electron chi connectivity index (χ0n) is 18.5. The molecule has 5 rings (SSSR count). The maximum Gasteiger partial charge on any atom is 0.254 e. The van der Waals surface area contributed by atoms with E-state index in [1.807, 2.05) is 54.6 Å². The Balaban J connectivity index is 1.41. The van der Waals surface area contributed by atoms with Gasteiger partial charge in [0.15, 0.2) is 17.2 Å². The molecule has 32 heavy (non-hydrogen) atoms. The Morgan fingerprint density at radius 2 is 2.00 bits per heavy atom. The summed E-state index contributed by atoms with van der Waals surface area (Å²) in [5.41, 5.74) is 2.81. The van der Waals surface area contributed by atoms with Crippen LogP contribution in [0.2, 0.25) is 0 Å². The second kappa shape index (κ2) is 8.23. The third-order valence-electron chi connectivity index (χ3n) is 5.78. The number of amides is 1. The van der Waals surface area contributed by atoms with Crippen molar-refractivity contribution in [2.45, 2.75) is 33.4 Å². The van der Waals surface area contributed by atoms with Crippen LogP contribution in [0.3, 0.4) is 0 Å². The zero-order valence-corrected chi connectivity index (χ0v) is 18.5. The quantitative estimate of drug-likeness (QED) is 0.474. The summed E-state index contributed by atoms with van der Waals surface area (Å²) >= 11 is 0. The van der Waals surface area contributed by atoms with E-state index in [1.165, 1.54) is 0 Å². The van der Waals surface area contributed by atoms with Crippen LogP contribution >= 0.6 is 0 Å². The maximum absolute atomic E-state index is 13.6. The Hall–Kier alpha value is -3.46. The van der Waals surface area contributed by atoms with Crippen LogP contribution in [0.4, 0.5) is 0 Å². The predicted molar refractivity (Wildman–Crippen MR) is 118 cm³/mol. The molecule has 0 N–H and O–H groups in total. The highest BCUT2D eigenvalue weighted by Gasteiger charge is 2.26. The molecule has 0 bridgehead atoms. The molecule has 0 unspecified atom stereocenters. The van der Waals surface area contributed by atoms with Gasteiger partial charge < -0.3 is 13.8 Å². The molecule has 0 saturated carbocycles. The van der Waals surface area contributed by atoms with E-state index >= 15 is 0 Å². The standard InChI is InChI=1S/C23H26N6O3/c1-15(2)29-22-19(13-24-29)18(12-20(25-22)21-5-4-10-31-21)23(30)28-8-6-27(7-9-28)14-17-11-16(3)26-32-17/h4-5,10-13,15H,6-9,14H2,1-3H3. The van der Waals surface area contributed by atoms with Gasteiger partial charge >= 0.3 is 0 Å². The van der Waals surface area contributed by atoms with Gasteiger partial charge in [-0.1, -0.05) is 5.16 Å². The lowest BCUT2D eigenvalue weighted by molar-refractivity contribution is 0.0619. The maximum atomic E-state index is 13.6. The SMILES string of the molecule is Cc1cc(CN2CCN(C(=O)c3cc(-c4ccco4)nc4c3cnn4C(C)C)CC2)on1. The molecule has 1 amide bonds. The molecule has 0 atom stereocenters. The van der Waals surface area contributed by atoms with E-state index in [4.69, 9.17) is 13.9 Å². The molecule has 166 valence electrons. The Bertz CT molecular complexity index is 1230. The van der Waals surface area contributed by atoms with Crippen LogP contribution in [0, 0.1) is 6.92 Å². The highest BCUT2D eigenvalue weighted by molar-refractivity contribution is 6.06. The summed E-state index contributed by atoms with van der Waals surface area (Å²) in [4.78, 5) is 22.5. The summed E-state index contributed by atoms with van der Waals surface area (Å²) in [6, 6.07) is 7.56. The van der Waals surface area contributed by atoms with Crippen LogP contribution < -0.4 is 0 Å². The topological polar surface area (TPSA) is 93.4 Å². The predicted octanol–water partition coefficient (Wildman–Crippen LogP) is 3.53. The summed E-state index contributed by atoms with van der Waals surface area (Å²) < 4.78 is 12.7. The zero-order chi connectivity index (χ0) is 22.2. The van der Waals surface area contributed by atoms with E-state index in [0.717, 1.165) is 29.9 Å². The molecule has 4 aromatic rings. The average Bonchev–Trinajstić information content (AvgIpc) is 3.54. The number of furan rings is 1. The number of fused-ring (bicyclic) bond motifs is 1. The van der Waals surface area contributed by atoms with E-state index in [-0.39, 0.29) is 11.9 Å². The van der Waals surface area contributed by atoms with Crippen molar-refractivity contribution in [3.05, 3.63) is 53.7 Å². The molecular formula is C23H26N6O3. The molecule has 0 aliphatic carbocycles. The first-order valence-electron chi connectivity index (χ1n) is 10.9. The fourth-order valence-electron chi connectivity index (χ4n) is 4.11. The van der Waals surface area contributed by atoms with Gasteiger partial charge in [-0.3, -0.25) is 9.69 Å². The van der Waals surface area contributed by atoms with Crippen LogP contribution in [0.15, 0.2) is 45.7 Å². The molecule has 0 spiro atoms. The molecule has 1 fully saturated rings. The van der Waals surface area contributed by atoms with Gasteiger partial charge in [0.05, 0.1) is 35.6 Å². The minimum Gasteiger partial charge on any atom is -0.463 e. The van der Waals surface area contributed by atoms with E-state index in [2.05, 4.69) is 15.2 Å². The van der Waals surface area contributed by atoms with Crippen LogP contribution in [-0.4, -0.2) is 61.8 Å². The molecule has 0 aromatic carbocycles. The van der Waals surface area contributed by atoms with Gasteiger partial charge in [0.25, 0.3) is 5.91 Å². The second-order valence-corrected chi connectivity index (χ2v) is 8.46. The van der Waals surface area contributed by atoms with Gasteiger partial charge in [-0.2, -0.15) is 5.10 Å². The van der Waals surface area contributed by atoms with Gasteiger partial charge in [-0.15, -0.1) is 0 Å². The second-order valence-electron chi connectivity index (χ2n) is 8.46. The van der Waals surface area contributed by atoms with Gasteiger partial charge in [-0.05, 0) is 39.0 Å². The van der Waals surface area contributed by atoms with Crippen LogP contribution in [0.1, 0.15) is 41.7 Å². The summed E-state index contributed by atoms with van der Waals surface area (Å²) in [6.07, 6.45) is 3.35. The van der Waals surface area contributed by atoms with Gasteiger partial charge in [-0.25, -0.2) is 9.67 Å². The third-order valence-corrected chi connectivity index (χ3v) is 5.78. The minimum absolute atomic E-state index is 0.0105. The number of carbonyl (C=O) groups excluding carboxylic acids is 1. The molecule has 4 aromatic heterocycles. The number of aryl methyl sites for hydroxylation is 1. The highest BCUT2D eigenvalue weighted by atomic mass is 16.5. The number of piperazine rings is 1. The number of rotatable bonds is 5. The smallest absolute Gasteiger partial charge is 0.254 e. The van der Waals surface area contributed by atoms with Crippen LogP contribution in [-0.2, 0) is 6.54 Å². The fourth-order valence-corrected chi connectivity index (χ4v) is 4.11. The first-order chi connectivity index (χ1) is 15.5. The van der Waals surface area contributed by atoms with Crippen molar-refractivity contribution in [1.29, 1.82) is 0 Å². The van der Waals surface area contributed by atoms with Crippen molar-refractivity contribution >= 4 is 16.9 Å². The molecule has 9 nitrogen and oxygen atoms in total. The summed E-state index contributed by atoms with van der Waals surface area (Å²) in [6.45, 7) is 9.54. The average molecular weight is 435 g/mol. The number of hydrogen-bond acceptors (Lipinski definition) is 7. The molecule has 9 heteroatoms. The largest absolute Gasteiger partial charge is 0.463 e. The fraction of sp³-hybridized carbons (Fsp3) is 0.391. The lowest BCUT2D eigenvalue weighted by Gasteiger charge is -2.34. The van der Waals surface area contributed by atoms with Crippen molar-refractivity contribution in [1.82, 2.24) is 29.7 Å². The van der Waals surface area contributed by atoms with Crippen molar-refractivity contribution < 1.29 is 13.7 Å². The summed E-state index contributed by atoms with van der Waals surface area (Å²) in [5, 5.41) is 9.21. The van der Waals surface area contributed by atoms with E-state index in [0.29, 0.717) is 42.3 Å². The van der Waals surface area contributed by atoms with Gasteiger partial charge in [0.1, 0.15) is 5.69 Å². The summed E-state index contributed by atoms with van der Waals surface area (Å²) in [5.74, 6) is 1.47. The summed E-state index contributed by atoms with van der Waals surface area (Å²) in [7, 11) is 0. The van der Waals surface area contributed by atoms with Crippen molar-refractivity contribution in [3.8, 4) is 11.5 Å². The Labute approximate surface area is 185 Å². The molecule has 0 radical (unpaired) electrons. The normalized spacial score (nSPS) is 15.2. The van der Waals surface area contributed by atoms with E-state index in [1.54, 1.807) is 12.5 Å². The number of pyridine rings is 1. The molecule has 1 aliphatic heterocycles. The molecule has 1 saturated heterocycles. The Morgan fingerprint density at radius 1 is 1.19 bits per heavy atom. The minimum atomic E-state index is -0.0105. The monoisotopic (exact) mass is 434 g/mol. The van der Waals surface area contributed by atoms with Crippen molar-refractivity contribution in [2.24, 2.45) is 0 Å². The lowest BCUT2D eigenvalue weighted by atomic mass is 10.1. The van der Waals surface area contributed by atoms with E-state index < -0.39 is 0 Å². The number of aromatic nitrogens is 4. The molecule has 1 aliphatic rings. The Morgan fingerprint density at radius 3 is 2.66 bits per heavy atom. The van der Waals surface area contributed by atoms with Crippen molar-refractivity contribution in [2.75, 3.05) is 26.2 Å². The first kappa shape index (κ1) is 20.4. The highest BCUT2D eigenvalue weighted by Crippen LogP contribution is 2.28. The lowest BCUT2D eigenvalue weighted by Crippen LogP contribution is -2.48. The van der Waals surface area contributed by atoms with Gasteiger partial charge in [0, 0.05) is 38.3 Å². The Kier molecular flexibility index (Phi) is 5.26. The number of carbonyl (C=O) groups is 1. The van der Waals surface area contributed by atoms with Crippen molar-refractivity contribution in [3.63, 3.8) is 0 Å². The number of nitrogens with zero attached hydrogens (tertiary/aromatic N) is 6. The third kappa shape index (κ3) is 3.80. The van der Waals surface area contributed by atoms with E-state index in [9.17, 15) is 4.79 Å². The molecule has 5 heterocycles. The van der Waals surface area contributed by atoms with Gasteiger partial charge in [0.2, 0.25) is 0 Å². The van der Waals surface area contributed by atoms with Crippen LogP contribution in [0.25, 0.3) is 22.5 Å². The van der Waals surface area contributed by atoms with Crippen LogP contribution in [0.5, 0.6) is 0 Å².